The van der Waals surface area contributed by atoms with E-state index < -0.39 is 0 Å². The fraction of sp³-hybridized carbons (Fsp3) is 0.211. The van der Waals surface area contributed by atoms with Gasteiger partial charge in [-0.1, -0.05) is 0 Å². The number of hydrogen-bond donors (Lipinski definition) is 3. The van der Waals surface area contributed by atoms with Gasteiger partial charge in [0, 0.05) is 55.1 Å². The molecule has 124 valence electrons. The smallest absolute Gasteiger partial charge is 0.251 e. The molecule has 5 nitrogen and oxygen atoms in total. The van der Waals surface area contributed by atoms with E-state index in [2.05, 4.69) is 10.3 Å². The third-order valence-corrected chi connectivity index (χ3v) is 4.08. The van der Waals surface area contributed by atoms with Gasteiger partial charge in [0.1, 0.15) is 5.75 Å². The maximum Gasteiger partial charge on any atom is 0.251 e. The second-order valence-corrected chi connectivity index (χ2v) is 5.99. The summed E-state index contributed by atoms with van der Waals surface area (Å²) in [5.41, 5.74) is 3.74. The average molecular weight is 323 g/mol. The van der Waals surface area contributed by atoms with E-state index in [1.54, 1.807) is 12.1 Å². The minimum Gasteiger partial charge on any atom is -0.508 e. The first-order valence-electron chi connectivity index (χ1n) is 7.89. The lowest BCUT2D eigenvalue weighted by Crippen LogP contribution is -2.25. The Morgan fingerprint density at radius 1 is 1.17 bits per heavy atom. The van der Waals surface area contributed by atoms with Gasteiger partial charge in [-0.2, -0.15) is 0 Å². The van der Waals surface area contributed by atoms with Gasteiger partial charge in [-0.25, -0.2) is 0 Å². The van der Waals surface area contributed by atoms with Crippen molar-refractivity contribution in [3.8, 4) is 5.75 Å². The molecule has 0 fully saturated rings. The Morgan fingerprint density at radius 3 is 2.62 bits per heavy atom. The molecular weight excluding hydrogens is 302 g/mol. The molecule has 3 rings (SSSR count). The van der Waals surface area contributed by atoms with Crippen molar-refractivity contribution in [3.63, 3.8) is 0 Å². The van der Waals surface area contributed by atoms with E-state index in [0.29, 0.717) is 12.1 Å². The van der Waals surface area contributed by atoms with Crippen molar-refractivity contribution < 1.29 is 9.90 Å². The van der Waals surface area contributed by atoms with E-state index in [4.69, 9.17) is 0 Å². The summed E-state index contributed by atoms with van der Waals surface area (Å²) in [6.45, 7) is 0.558. The van der Waals surface area contributed by atoms with E-state index in [-0.39, 0.29) is 11.7 Å². The molecule has 2 aromatic carbocycles. The summed E-state index contributed by atoms with van der Waals surface area (Å²) in [6, 6.07) is 12.8. The zero-order valence-corrected chi connectivity index (χ0v) is 13.8. The van der Waals surface area contributed by atoms with Crippen molar-refractivity contribution in [1.82, 2.24) is 10.3 Å². The lowest BCUT2D eigenvalue weighted by molar-refractivity contribution is 0.0954. The molecule has 0 spiro atoms. The Hall–Kier alpha value is -2.95. The molecule has 1 heterocycles. The van der Waals surface area contributed by atoms with Crippen molar-refractivity contribution in [2.45, 2.75) is 6.42 Å². The number of rotatable bonds is 5. The monoisotopic (exact) mass is 323 g/mol. The van der Waals surface area contributed by atoms with Crippen LogP contribution in [0.4, 0.5) is 5.69 Å². The number of fused-ring (bicyclic) bond motifs is 1. The van der Waals surface area contributed by atoms with Crippen LogP contribution in [-0.4, -0.2) is 36.6 Å². The predicted molar refractivity (Wildman–Crippen MR) is 96.8 cm³/mol. The van der Waals surface area contributed by atoms with Crippen LogP contribution in [0.25, 0.3) is 10.9 Å². The van der Waals surface area contributed by atoms with Crippen molar-refractivity contribution in [3.05, 3.63) is 59.8 Å². The van der Waals surface area contributed by atoms with Crippen LogP contribution in [0.3, 0.4) is 0 Å². The zero-order valence-electron chi connectivity index (χ0n) is 13.8. The van der Waals surface area contributed by atoms with Gasteiger partial charge < -0.3 is 20.3 Å². The Bertz CT molecular complexity index is 851. The first-order chi connectivity index (χ1) is 11.5. The number of nitrogens with one attached hydrogen (secondary N) is 2. The molecule has 0 radical (unpaired) electrons. The van der Waals surface area contributed by atoms with Crippen LogP contribution in [0.2, 0.25) is 0 Å². The molecule has 0 unspecified atom stereocenters. The number of H-pyrrole nitrogens is 1. The Balaban J connectivity index is 1.60. The number of carbonyl (C=O) groups excluding carboxylic acids is 1. The number of carbonyl (C=O) groups is 1. The summed E-state index contributed by atoms with van der Waals surface area (Å²) in [4.78, 5) is 17.3. The number of benzene rings is 2. The normalized spacial score (nSPS) is 10.8. The van der Waals surface area contributed by atoms with Crippen LogP contribution in [0.15, 0.2) is 48.7 Å². The van der Waals surface area contributed by atoms with E-state index in [9.17, 15) is 9.90 Å². The molecule has 5 heteroatoms. The second kappa shape index (κ2) is 6.66. The third kappa shape index (κ3) is 3.35. The summed E-state index contributed by atoms with van der Waals surface area (Å²) in [7, 11) is 3.94. The number of phenolic OH excluding ortho intramolecular Hbond substituents is 1. The zero-order chi connectivity index (χ0) is 17.1. The summed E-state index contributed by atoms with van der Waals surface area (Å²) in [5, 5.41) is 13.5. The lowest BCUT2D eigenvalue weighted by Gasteiger charge is -2.12. The first-order valence-corrected chi connectivity index (χ1v) is 7.89. The van der Waals surface area contributed by atoms with Gasteiger partial charge in [0.25, 0.3) is 5.91 Å². The summed E-state index contributed by atoms with van der Waals surface area (Å²) in [6.07, 6.45) is 2.65. The fourth-order valence-corrected chi connectivity index (χ4v) is 2.70. The van der Waals surface area contributed by atoms with Crippen LogP contribution in [0.1, 0.15) is 15.9 Å². The predicted octanol–water partition coefficient (Wildman–Crippen LogP) is 2.91. The van der Waals surface area contributed by atoms with E-state index >= 15 is 0 Å². The molecule has 0 bridgehead atoms. The molecule has 3 N–H and O–H groups in total. The molecule has 0 aliphatic carbocycles. The van der Waals surface area contributed by atoms with Gasteiger partial charge in [0.05, 0.1) is 0 Å². The van der Waals surface area contributed by atoms with Crippen LogP contribution in [0, 0.1) is 0 Å². The molecule has 0 atom stereocenters. The summed E-state index contributed by atoms with van der Waals surface area (Å²) < 4.78 is 0. The largest absolute Gasteiger partial charge is 0.508 e. The number of aromatic amines is 1. The van der Waals surface area contributed by atoms with Gasteiger partial charge >= 0.3 is 0 Å². The highest BCUT2D eigenvalue weighted by Crippen LogP contribution is 2.22. The number of aromatic nitrogens is 1. The van der Waals surface area contributed by atoms with E-state index in [1.165, 1.54) is 0 Å². The maximum absolute atomic E-state index is 12.2. The highest BCUT2D eigenvalue weighted by atomic mass is 16.3. The Kier molecular flexibility index (Phi) is 4.42. The van der Waals surface area contributed by atoms with Gasteiger partial charge in [0.15, 0.2) is 0 Å². The molecule has 0 saturated heterocycles. The van der Waals surface area contributed by atoms with Crippen molar-refractivity contribution >= 4 is 22.5 Å². The number of nitrogens with zero attached hydrogens (tertiary/aromatic N) is 1. The minimum atomic E-state index is -0.0715. The van der Waals surface area contributed by atoms with Crippen LogP contribution in [-0.2, 0) is 6.42 Å². The quantitative estimate of drug-likeness (QED) is 0.676. The Morgan fingerprint density at radius 2 is 1.92 bits per heavy atom. The van der Waals surface area contributed by atoms with Crippen LogP contribution in [0.5, 0.6) is 5.75 Å². The summed E-state index contributed by atoms with van der Waals surface area (Å²) in [5.74, 6) is 0.170. The minimum absolute atomic E-state index is 0.0715. The standard InChI is InChI=1S/C19H21N3O2/c1-22(2)15-5-3-13(4-6-15)19(24)20-10-9-14-12-21-18-11-16(23)7-8-17(14)18/h3-8,11-12,21,23H,9-10H2,1-2H3,(H,20,24). The van der Waals surface area contributed by atoms with Gasteiger partial charge in [-0.05, 0) is 48.4 Å². The highest BCUT2D eigenvalue weighted by Gasteiger charge is 2.07. The number of amides is 1. The van der Waals surface area contributed by atoms with Crippen molar-refractivity contribution in [1.29, 1.82) is 0 Å². The van der Waals surface area contributed by atoms with E-state index in [1.807, 2.05) is 55.5 Å². The highest BCUT2D eigenvalue weighted by molar-refractivity contribution is 5.94. The van der Waals surface area contributed by atoms with Crippen molar-refractivity contribution in [2.75, 3.05) is 25.5 Å². The van der Waals surface area contributed by atoms with Crippen LogP contribution >= 0.6 is 0 Å². The van der Waals surface area contributed by atoms with Gasteiger partial charge in [-0.15, -0.1) is 0 Å². The Labute approximate surface area is 140 Å². The SMILES string of the molecule is CN(C)c1ccc(C(=O)NCCc2c[nH]c3cc(O)ccc23)cc1. The first kappa shape index (κ1) is 15.9. The molecule has 0 saturated carbocycles. The molecule has 24 heavy (non-hydrogen) atoms. The second-order valence-electron chi connectivity index (χ2n) is 5.99. The van der Waals surface area contributed by atoms with Gasteiger partial charge in [-0.3, -0.25) is 4.79 Å². The molecular formula is C19H21N3O2. The fourth-order valence-electron chi connectivity index (χ4n) is 2.70. The van der Waals surface area contributed by atoms with E-state index in [0.717, 1.165) is 28.6 Å². The van der Waals surface area contributed by atoms with Crippen molar-refractivity contribution in [2.24, 2.45) is 0 Å². The number of hydrogen-bond acceptors (Lipinski definition) is 3. The maximum atomic E-state index is 12.2. The number of phenols is 1. The lowest BCUT2D eigenvalue weighted by atomic mass is 10.1. The average Bonchev–Trinajstić information content (AvgIpc) is 2.97. The van der Waals surface area contributed by atoms with Crippen LogP contribution < -0.4 is 10.2 Å². The third-order valence-electron chi connectivity index (χ3n) is 4.08. The van der Waals surface area contributed by atoms with Gasteiger partial charge in [0.2, 0.25) is 0 Å². The number of anilines is 1. The molecule has 1 aromatic heterocycles. The molecule has 1 amide bonds. The molecule has 0 aliphatic heterocycles. The molecule has 3 aromatic rings. The number of aromatic hydroxyl groups is 1. The summed E-state index contributed by atoms with van der Waals surface area (Å²) >= 11 is 0. The molecule has 0 aliphatic rings. The topological polar surface area (TPSA) is 68.4 Å².